The smallest absolute Gasteiger partial charge is 0.211 e. The van der Waals surface area contributed by atoms with E-state index in [0.717, 1.165) is 18.4 Å². The van der Waals surface area contributed by atoms with Gasteiger partial charge < -0.3 is 5.73 Å². The first-order valence-electron chi connectivity index (χ1n) is 6.17. The van der Waals surface area contributed by atoms with Crippen LogP contribution >= 0.6 is 0 Å². The number of aromatic nitrogens is 1. The van der Waals surface area contributed by atoms with Crippen molar-refractivity contribution in [2.45, 2.75) is 25.3 Å². The standard InChI is InChI=1S/C12H19N3O2S/c13-12-7-11(8-12)9-15-18(16,17)6-3-10-1-4-14-5-2-10/h1-2,4-5,11-12,15H,3,6-9,13H2. The lowest BCUT2D eigenvalue weighted by Crippen LogP contribution is -2.43. The Labute approximate surface area is 108 Å². The maximum Gasteiger partial charge on any atom is 0.211 e. The van der Waals surface area contributed by atoms with Crippen LogP contribution in [-0.4, -0.2) is 31.7 Å². The van der Waals surface area contributed by atoms with Gasteiger partial charge in [0.15, 0.2) is 0 Å². The number of sulfonamides is 1. The van der Waals surface area contributed by atoms with Crippen molar-refractivity contribution in [1.82, 2.24) is 9.71 Å². The number of aryl methyl sites for hydroxylation is 1. The van der Waals surface area contributed by atoms with Gasteiger partial charge in [0.25, 0.3) is 0 Å². The highest BCUT2D eigenvalue weighted by molar-refractivity contribution is 7.89. The van der Waals surface area contributed by atoms with Crippen molar-refractivity contribution < 1.29 is 8.42 Å². The second-order valence-corrected chi connectivity index (χ2v) is 6.80. The van der Waals surface area contributed by atoms with E-state index >= 15 is 0 Å². The summed E-state index contributed by atoms with van der Waals surface area (Å²) in [5, 5.41) is 0. The van der Waals surface area contributed by atoms with Gasteiger partial charge in [0, 0.05) is 25.0 Å². The quantitative estimate of drug-likeness (QED) is 0.777. The van der Waals surface area contributed by atoms with Crippen LogP contribution < -0.4 is 10.5 Å². The Morgan fingerprint density at radius 1 is 1.33 bits per heavy atom. The van der Waals surface area contributed by atoms with Crippen LogP contribution in [0.5, 0.6) is 0 Å². The summed E-state index contributed by atoms with van der Waals surface area (Å²) in [7, 11) is -3.18. The minimum atomic E-state index is -3.18. The molecule has 6 heteroatoms. The summed E-state index contributed by atoms with van der Waals surface area (Å²) >= 11 is 0. The Morgan fingerprint density at radius 3 is 2.61 bits per heavy atom. The molecule has 1 aliphatic rings. The van der Waals surface area contributed by atoms with Gasteiger partial charge in [-0.05, 0) is 42.9 Å². The maximum atomic E-state index is 11.8. The van der Waals surface area contributed by atoms with Crippen LogP contribution in [-0.2, 0) is 16.4 Å². The first-order chi connectivity index (χ1) is 8.55. The summed E-state index contributed by atoms with van der Waals surface area (Å²) in [6.07, 6.45) is 5.71. The molecule has 3 N–H and O–H groups in total. The molecule has 0 saturated heterocycles. The number of hydrogen-bond donors (Lipinski definition) is 2. The first kappa shape index (κ1) is 13.5. The van der Waals surface area contributed by atoms with E-state index in [1.165, 1.54) is 0 Å². The number of nitrogens with two attached hydrogens (primary N) is 1. The molecule has 1 aromatic rings. The molecule has 1 fully saturated rings. The predicted molar refractivity (Wildman–Crippen MR) is 70.4 cm³/mol. The van der Waals surface area contributed by atoms with E-state index in [0.29, 0.717) is 18.9 Å². The summed E-state index contributed by atoms with van der Waals surface area (Å²) in [4.78, 5) is 3.90. The van der Waals surface area contributed by atoms with E-state index in [4.69, 9.17) is 5.73 Å². The minimum Gasteiger partial charge on any atom is -0.328 e. The molecule has 0 aromatic carbocycles. The van der Waals surface area contributed by atoms with Crippen LogP contribution in [0.2, 0.25) is 0 Å². The van der Waals surface area contributed by atoms with Crippen LogP contribution in [0.3, 0.4) is 0 Å². The van der Waals surface area contributed by atoms with Gasteiger partial charge in [0.2, 0.25) is 10.0 Å². The fourth-order valence-corrected chi connectivity index (χ4v) is 3.21. The second-order valence-electron chi connectivity index (χ2n) is 4.87. The van der Waals surface area contributed by atoms with Gasteiger partial charge in [-0.15, -0.1) is 0 Å². The Balaban J connectivity index is 1.74. The lowest BCUT2D eigenvalue weighted by atomic mass is 9.81. The third-order valence-electron chi connectivity index (χ3n) is 3.27. The second kappa shape index (κ2) is 5.77. The van der Waals surface area contributed by atoms with Crippen LogP contribution in [0.25, 0.3) is 0 Å². The zero-order chi connectivity index (χ0) is 13.0. The van der Waals surface area contributed by atoms with Gasteiger partial charge in [-0.1, -0.05) is 0 Å². The van der Waals surface area contributed by atoms with Gasteiger partial charge in [-0.2, -0.15) is 0 Å². The van der Waals surface area contributed by atoms with Gasteiger partial charge in [0.05, 0.1) is 5.75 Å². The number of hydrogen-bond acceptors (Lipinski definition) is 4. The van der Waals surface area contributed by atoms with Crippen LogP contribution in [0, 0.1) is 5.92 Å². The fourth-order valence-electron chi connectivity index (χ4n) is 2.07. The lowest BCUT2D eigenvalue weighted by molar-refractivity contribution is 0.267. The molecular weight excluding hydrogens is 250 g/mol. The van der Waals surface area contributed by atoms with Gasteiger partial charge in [-0.3, -0.25) is 4.98 Å². The van der Waals surface area contributed by atoms with Crippen molar-refractivity contribution in [3.63, 3.8) is 0 Å². The van der Waals surface area contributed by atoms with Gasteiger partial charge >= 0.3 is 0 Å². The van der Waals surface area contributed by atoms with Crippen molar-refractivity contribution >= 4 is 10.0 Å². The molecule has 2 rings (SSSR count). The molecule has 5 nitrogen and oxygen atoms in total. The van der Waals surface area contributed by atoms with E-state index in [-0.39, 0.29) is 11.8 Å². The molecule has 0 bridgehead atoms. The zero-order valence-electron chi connectivity index (χ0n) is 10.2. The summed E-state index contributed by atoms with van der Waals surface area (Å²) in [5.41, 5.74) is 6.65. The number of rotatable bonds is 6. The highest BCUT2D eigenvalue weighted by atomic mass is 32.2. The maximum absolute atomic E-state index is 11.8. The summed E-state index contributed by atoms with van der Waals surface area (Å²) in [5.74, 6) is 0.534. The highest BCUT2D eigenvalue weighted by Crippen LogP contribution is 2.24. The topological polar surface area (TPSA) is 85.1 Å². The largest absolute Gasteiger partial charge is 0.328 e. The van der Waals surface area contributed by atoms with Crippen LogP contribution in [0.1, 0.15) is 18.4 Å². The average molecular weight is 269 g/mol. The molecule has 1 heterocycles. The average Bonchev–Trinajstić information content (AvgIpc) is 2.32. The molecule has 0 aliphatic heterocycles. The third-order valence-corrected chi connectivity index (χ3v) is 4.62. The Bertz CT molecular complexity index is 469. The molecular formula is C12H19N3O2S. The van der Waals surface area contributed by atoms with Gasteiger partial charge in [-0.25, -0.2) is 13.1 Å². The van der Waals surface area contributed by atoms with E-state index < -0.39 is 10.0 Å². The molecule has 0 unspecified atom stereocenters. The highest BCUT2D eigenvalue weighted by Gasteiger charge is 2.26. The zero-order valence-corrected chi connectivity index (χ0v) is 11.1. The summed E-state index contributed by atoms with van der Waals surface area (Å²) in [6, 6.07) is 3.93. The summed E-state index contributed by atoms with van der Waals surface area (Å²) < 4.78 is 26.2. The van der Waals surface area contributed by atoms with E-state index in [9.17, 15) is 8.42 Å². The minimum absolute atomic E-state index is 0.121. The monoisotopic (exact) mass is 269 g/mol. The Hall–Kier alpha value is -0.980. The van der Waals surface area contributed by atoms with E-state index in [1.807, 2.05) is 12.1 Å². The van der Waals surface area contributed by atoms with Crippen molar-refractivity contribution in [2.75, 3.05) is 12.3 Å². The predicted octanol–water partition coefficient (Wildman–Crippen LogP) is 0.281. The number of nitrogens with zero attached hydrogens (tertiary/aromatic N) is 1. The Morgan fingerprint density at radius 2 is 2.00 bits per heavy atom. The molecule has 1 saturated carbocycles. The molecule has 0 radical (unpaired) electrons. The molecule has 1 aromatic heterocycles. The number of nitrogens with one attached hydrogen (secondary N) is 1. The lowest BCUT2D eigenvalue weighted by Gasteiger charge is -2.32. The van der Waals surface area contributed by atoms with Crippen LogP contribution in [0.15, 0.2) is 24.5 Å². The van der Waals surface area contributed by atoms with Crippen molar-refractivity contribution in [3.05, 3.63) is 30.1 Å². The van der Waals surface area contributed by atoms with Gasteiger partial charge in [0.1, 0.15) is 0 Å². The SMILES string of the molecule is NC1CC(CNS(=O)(=O)CCc2ccncc2)C1. The van der Waals surface area contributed by atoms with E-state index in [1.54, 1.807) is 12.4 Å². The summed E-state index contributed by atoms with van der Waals surface area (Å²) in [6.45, 7) is 0.520. The van der Waals surface area contributed by atoms with Crippen molar-refractivity contribution in [1.29, 1.82) is 0 Å². The molecule has 1 aliphatic carbocycles. The normalized spacial score (nSPS) is 23.6. The van der Waals surface area contributed by atoms with Crippen LogP contribution in [0.4, 0.5) is 0 Å². The molecule has 100 valence electrons. The molecule has 0 amide bonds. The molecule has 0 atom stereocenters. The third kappa shape index (κ3) is 4.04. The molecule has 0 spiro atoms. The fraction of sp³-hybridized carbons (Fsp3) is 0.583. The van der Waals surface area contributed by atoms with Crippen molar-refractivity contribution in [2.24, 2.45) is 11.7 Å². The number of pyridine rings is 1. The molecule has 18 heavy (non-hydrogen) atoms. The first-order valence-corrected chi connectivity index (χ1v) is 7.82. The Kier molecular flexibility index (Phi) is 4.31. The van der Waals surface area contributed by atoms with E-state index in [2.05, 4.69) is 9.71 Å². The van der Waals surface area contributed by atoms with Crippen molar-refractivity contribution in [3.8, 4) is 0 Å².